The maximum atomic E-state index is 11.6. The molecule has 0 atom stereocenters. The minimum absolute atomic E-state index is 0.216. The van der Waals surface area contributed by atoms with Crippen molar-refractivity contribution >= 4 is 15.9 Å². The summed E-state index contributed by atoms with van der Waals surface area (Å²) >= 11 is 3.18. The van der Waals surface area contributed by atoms with Gasteiger partial charge in [-0.2, -0.15) is 0 Å². The Kier molecular flexibility index (Phi) is 3.21. The highest BCUT2D eigenvalue weighted by atomic mass is 79.9. The summed E-state index contributed by atoms with van der Waals surface area (Å²) < 4.78 is 5.39. The molecule has 2 N–H and O–H groups in total. The summed E-state index contributed by atoms with van der Waals surface area (Å²) in [6.07, 6.45) is 1.77. The molecule has 0 saturated heterocycles. The van der Waals surface area contributed by atoms with Crippen LogP contribution in [0.15, 0.2) is 27.6 Å². The third-order valence-corrected chi connectivity index (χ3v) is 2.88. The zero-order chi connectivity index (χ0) is 11.5. The highest BCUT2D eigenvalue weighted by Crippen LogP contribution is 2.15. The van der Waals surface area contributed by atoms with Gasteiger partial charge in [0.1, 0.15) is 4.47 Å². The van der Waals surface area contributed by atoms with Gasteiger partial charge in [-0.25, -0.2) is 4.98 Å². The Morgan fingerprint density at radius 2 is 2.38 bits per heavy atom. The zero-order valence-electron chi connectivity index (χ0n) is 8.58. The molecule has 2 rings (SSSR count). The molecule has 0 aliphatic carbocycles. The van der Waals surface area contributed by atoms with Gasteiger partial charge in [0.15, 0.2) is 5.82 Å². The van der Waals surface area contributed by atoms with Gasteiger partial charge in [-0.05, 0) is 28.1 Å². The average molecular weight is 284 g/mol. The van der Waals surface area contributed by atoms with E-state index in [-0.39, 0.29) is 12.2 Å². The second-order valence-electron chi connectivity index (χ2n) is 3.19. The summed E-state index contributed by atoms with van der Waals surface area (Å²) in [7, 11) is 1.56. The maximum absolute atomic E-state index is 11.6. The van der Waals surface area contributed by atoms with Crippen LogP contribution in [0.3, 0.4) is 0 Å². The fourth-order valence-corrected chi connectivity index (χ4v) is 1.65. The smallest absolute Gasteiger partial charge is 0.265 e. The number of hydrogen-bond donors (Lipinski definition) is 2. The van der Waals surface area contributed by atoms with E-state index in [2.05, 4.69) is 30.9 Å². The van der Waals surface area contributed by atoms with Crippen molar-refractivity contribution in [3.8, 4) is 11.5 Å². The summed E-state index contributed by atoms with van der Waals surface area (Å²) in [6.45, 7) is 0.290. The fraction of sp³-hybridized carbons (Fsp3) is 0.200. The van der Waals surface area contributed by atoms with E-state index in [4.69, 9.17) is 4.74 Å². The quantitative estimate of drug-likeness (QED) is 0.900. The van der Waals surface area contributed by atoms with E-state index in [1.807, 2.05) is 12.1 Å². The summed E-state index contributed by atoms with van der Waals surface area (Å²) in [5.74, 6) is 0.505. The van der Waals surface area contributed by atoms with Gasteiger partial charge in [-0.15, -0.1) is 0 Å². The fourth-order valence-electron chi connectivity index (χ4n) is 1.34. The van der Waals surface area contributed by atoms with Crippen LogP contribution in [0.4, 0.5) is 0 Å². The standard InChI is InChI=1S/C10H10BrN3O2/c1-16-5-7-8(11)10(15)14-9(13-7)6-3-2-4-12-6/h2-4,12H,5H2,1H3,(H,13,14,15). The molecular formula is C10H10BrN3O2. The van der Waals surface area contributed by atoms with Gasteiger partial charge in [0.05, 0.1) is 18.0 Å². The van der Waals surface area contributed by atoms with Gasteiger partial charge in [-0.1, -0.05) is 0 Å². The van der Waals surface area contributed by atoms with Gasteiger partial charge in [0.2, 0.25) is 0 Å². The molecule has 84 valence electrons. The Labute approximate surface area is 100 Å². The molecule has 0 amide bonds. The SMILES string of the molecule is COCc1nc(-c2ccc[nH]2)[nH]c(=O)c1Br. The molecule has 0 radical (unpaired) electrons. The van der Waals surface area contributed by atoms with Crippen molar-refractivity contribution in [2.24, 2.45) is 0 Å². The number of methoxy groups -OCH3 is 1. The first-order chi connectivity index (χ1) is 7.72. The molecule has 0 aromatic carbocycles. The van der Waals surface area contributed by atoms with E-state index < -0.39 is 0 Å². The van der Waals surface area contributed by atoms with Crippen molar-refractivity contribution in [1.29, 1.82) is 0 Å². The van der Waals surface area contributed by atoms with E-state index in [1.54, 1.807) is 13.3 Å². The second kappa shape index (κ2) is 4.63. The van der Waals surface area contributed by atoms with Crippen LogP contribution in [0.1, 0.15) is 5.69 Å². The molecule has 0 aliphatic heterocycles. The van der Waals surface area contributed by atoms with E-state index in [0.717, 1.165) is 5.69 Å². The number of halogens is 1. The van der Waals surface area contributed by atoms with E-state index in [0.29, 0.717) is 16.0 Å². The maximum Gasteiger partial charge on any atom is 0.265 e. The van der Waals surface area contributed by atoms with Gasteiger partial charge < -0.3 is 14.7 Å². The van der Waals surface area contributed by atoms with E-state index in [1.165, 1.54) is 0 Å². The Morgan fingerprint density at radius 1 is 1.56 bits per heavy atom. The number of rotatable bonds is 3. The second-order valence-corrected chi connectivity index (χ2v) is 3.99. The Bertz CT molecular complexity index is 533. The third kappa shape index (κ3) is 2.07. The van der Waals surface area contributed by atoms with Crippen LogP contribution >= 0.6 is 15.9 Å². The van der Waals surface area contributed by atoms with Gasteiger partial charge in [0, 0.05) is 13.3 Å². The molecule has 0 saturated carbocycles. The summed E-state index contributed by atoms with van der Waals surface area (Å²) in [5, 5.41) is 0. The normalized spacial score (nSPS) is 10.6. The molecule has 0 bridgehead atoms. The lowest BCUT2D eigenvalue weighted by molar-refractivity contribution is 0.180. The van der Waals surface area contributed by atoms with Gasteiger partial charge >= 0.3 is 0 Å². The molecule has 0 fully saturated rings. The number of ether oxygens (including phenoxy) is 1. The monoisotopic (exact) mass is 283 g/mol. The van der Waals surface area contributed by atoms with Crippen molar-refractivity contribution in [2.75, 3.05) is 7.11 Å². The summed E-state index contributed by atoms with van der Waals surface area (Å²) in [5.41, 5.74) is 1.13. The van der Waals surface area contributed by atoms with Crippen LogP contribution in [0, 0.1) is 0 Å². The zero-order valence-corrected chi connectivity index (χ0v) is 10.2. The summed E-state index contributed by atoms with van der Waals surface area (Å²) in [4.78, 5) is 21.6. The van der Waals surface area contributed by atoms with Crippen LogP contribution in [-0.2, 0) is 11.3 Å². The molecule has 0 unspecified atom stereocenters. The summed E-state index contributed by atoms with van der Waals surface area (Å²) in [6, 6.07) is 3.68. The Morgan fingerprint density at radius 3 is 3.00 bits per heavy atom. The van der Waals surface area contributed by atoms with Gasteiger partial charge in [0.25, 0.3) is 5.56 Å². The lowest BCUT2D eigenvalue weighted by Crippen LogP contribution is -2.14. The van der Waals surface area contributed by atoms with Crippen molar-refractivity contribution < 1.29 is 4.74 Å². The number of hydrogen-bond acceptors (Lipinski definition) is 3. The molecule has 0 aliphatic rings. The molecule has 0 spiro atoms. The first-order valence-corrected chi connectivity index (χ1v) is 5.43. The van der Waals surface area contributed by atoms with Gasteiger partial charge in [-0.3, -0.25) is 4.79 Å². The number of H-pyrrole nitrogens is 2. The predicted octanol–water partition coefficient (Wildman–Crippen LogP) is 1.67. The first-order valence-electron chi connectivity index (χ1n) is 4.63. The van der Waals surface area contributed by atoms with Crippen molar-refractivity contribution in [1.82, 2.24) is 15.0 Å². The average Bonchev–Trinajstić information content (AvgIpc) is 2.78. The van der Waals surface area contributed by atoms with Crippen LogP contribution in [-0.4, -0.2) is 22.1 Å². The van der Waals surface area contributed by atoms with Crippen molar-refractivity contribution in [3.05, 3.63) is 38.9 Å². The molecule has 5 nitrogen and oxygen atoms in total. The highest BCUT2D eigenvalue weighted by molar-refractivity contribution is 9.10. The van der Waals surface area contributed by atoms with Crippen LogP contribution < -0.4 is 5.56 Å². The molecule has 2 aromatic heterocycles. The molecule has 2 aromatic rings. The Balaban J connectivity index is 2.53. The third-order valence-electron chi connectivity index (χ3n) is 2.07. The molecule has 6 heteroatoms. The van der Waals surface area contributed by atoms with E-state index in [9.17, 15) is 4.79 Å². The minimum Gasteiger partial charge on any atom is -0.378 e. The topological polar surface area (TPSA) is 70.8 Å². The van der Waals surface area contributed by atoms with Crippen LogP contribution in [0.25, 0.3) is 11.5 Å². The molecule has 2 heterocycles. The highest BCUT2D eigenvalue weighted by Gasteiger charge is 2.10. The van der Waals surface area contributed by atoms with Crippen molar-refractivity contribution in [2.45, 2.75) is 6.61 Å². The molecular weight excluding hydrogens is 274 g/mol. The molecule has 16 heavy (non-hydrogen) atoms. The Hall–Kier alpha value is -1.40. The number of aromatic amines is 2. The lowest BCUT2D eigenvalue weighted by atomic mass is 10.3. The minimum atomic E-state index is -0.216. The van der Waals surface area contributed by atoms with E-state index >= 15 is 0 Å². The van der Waals surface area contributed by atoms with Crippen LogP contribution in [0.5, 0.6) is 0 Å². The largest absolute Gasteiger partial charge is 0.378 e. The van der Waals surface area contributed by atoms with Crippen LogP contribution in [0.2, 0.25) is 0 Å². The first kappa shape index (κ1) is 11.1. The number of nitrogens with zero attached hydrogens (tertiary/aromatic N) is 1. The number of nitrogens with one attached hydrogen (secondary N) is 2. The lowest BCUT2D eigenvalue weighted by Gasteiger charge is -2.04. The van der Waals surface area contributed by atoms with Crippen molar-refractivity contribution in [3.63, 3.8) is 0 Å². The predicted molar refractivity (Wildman–Crippen MR) is 63.1 cm³/mol. The number of aromatic nitrogens is 3.